The third-order valence-electron chi connectivity index (χ3n) is 4.58. The van der Waals surface area contributed by atoms with Gasteiger partial charge >= 0.3 is 0 Å². The van der Waals surface area contributed by atoms with E-state index in [-0.39, 0.29) is 5.82 Å². The number of fused-ring (bicyclic) bond motifs is 1. The van der Waals surface area contributed by atoms with Crippen molar-refractivity contribution in [3.05, 3.63) is 47.8 Å². The summed E-state index contributed by atoms with van der Waals surface area (Å²) in [7, 11) is 0. The first-order chi connectivity index (χ1) is 13.2. The molecule has 2 aromatic carbocycles. The van der Waals surface area contributed by atoms with Crippen LogP contribution in [0, 0.1) is 5.82 Å². The lowest BCUT2D eigenvalue weighted by molar-refractivity contribution is 0.288. The Hall–Kier alpha value is -2.53. The summed E-state index contributed by atoms with van der Waals surface area (Å²) < 4.78 is 25.3. The number of benzene rings is 2. The second-order valence-electron chi connectivity index (χ2n) is 6.44. The van der Waals surface area contributed by atoms with E-state index in [2.05, 4.69) is 4.98 Å². The van der Waals surface area contributed by atoms with Crippen LogP contribution in [0.5, 0.6) is 11.5 Å². The maximum absolute atomic E-state index is 13.8. The van der Waals surface area contributed by atoms with Gasteiger partial charge in [0.2, 0.25) is 0 Å². The van der Waals surface area contributed by atoms with E-state index in [0.717, 1.165) is 58.5 Å². The minimum absolute atomic E-state index is 0.227. The average molecular weight is 370 g/mol. The first-order valence-electron chi connectivity index (χ1n) is 9.58. The number of H-pyrrole nitrogens is 1. The SMILES string of the molecule is CCOc1ccc(-c2[nH]c3ccc(F)cc3c2CCCCN)cc1OCC. The molecular formula is C22H27FN2O2. The van der Waals surface area contributed by atoms with E-state index < -0.39 is 0 Å². The van der Waals surface area contributed by atoms with Gasteiger partial charge in [0.1, 0.15) is 5.82 Å². The molecule has 0 aliphatic heterocycles. The fraction of sp³-hybridized carbons (Fsp3) is 0.364. The Kier molecular flexibility index (Phi) is 6.35. The molecule has 0 fully saturated rings. The Morgan fingerprint density at radius 2 is 1.74 bits per heavy atom. The van der Waals surface area contributed by atoms with Crippen molar-refractivity contribution in [2.45, 2.75) is 33.1 Å². The second-order valence-corrected chi connectivity index (χ2v) is 6.44. The van der Waals surface area contributed by atoms with E-state index in [1.54, 1.807) is 12.1 Å². The van der Waals surface area contributed by atoms with E-state index in [1.807, 2.05) is 32.0 Å². The smallest absolute Gasteiger partial charge is 0.161 e. The van der Waals surface area contributed by atoms with Gasteiger partial charge in [0, 0.05) is 22.2 Å². The number of hydrogen-bond acceptors (Lipinski definition) is 3. The molecule has 144 valence electrons. The molecular weight excluding hydrogens is 343 g/mol. The molecule has 1 aromatic heterocycles. The molecule has 3 N–H and O–H groups in total. The van der Waals surface area contributed by atoms with Crippen LogP contribution in [-0.2, 0) is 6.42 Å². The second kappa shape index (κ2) is 8.91. The number of unbranched alkanes of at least 4 members (excludes halogenated alkanes) is 1. The molecule has 3 rings (SSSR count). The van der Waals surface area contributed by atoms with Crippen molar-refractivity contribution < 1.29 is 13.9 Å². The van der Waals surface area contributed by atoms with E-state index in [4.69, 9.17) is 15.2 Å². The van der Waals surface area contributed by atoms with Crippen molar-refractivity contribution in [2.24, 2.45) is 5.73 Å². The highest BCUT2D eigenvalue weighted by atomic mass is 19.1. The molecule has 0 saturated carbocycles. The van der Waals surface area contributed by atoms with Crippen LogP contribution in [0.4, 0.5) is 4.39 Å². The van der Waals surface area contributed by atoms with Crippen molar-refractivity contribution in [2.75, 3.05) is 19.8 Å². The lowest BCUT2D eigenvalue weighted by Gasteiger charge is -2.13. The molecule has 0 amide bonds. The number of aryl methyl sites for hydroxylation is 1. The largest absolute Gasteiger partial charge is 0.490 e. The third kappa shape index (κ3) is 4.25. The number of nitrogens with two attached hydrogens (primary N) is 1. The molecule has 5 heteroatoms. The van der Waals surface area contributed by atoms with Crippen LogP contribution < -0.4 is 15.2 Å². The van der Waals surface area contributed by atoms with Crippen LogP contribution in [0.1, 0.15) is 32.3 Å². The molecule has 0 atom stereocenters. The zero-order valence-electron chi connectivity index (χ0n) is 16.0. The summed E-state index contributed by atoms with van der Waals surface area (Å²) in [4.78, 5) is 3.46. The van der Waals surface area contributed by atoms with E-state index in [0.29, 0.717) is 19.8 Å². The predicted molar refractivity (Wildman–Crippen MR) is 108 cm³/mol. The normalized spacial score (nSPS) is 11.1. The topological polar surface area (TPSA) is 60.3 Å². The van der Waals surface area contributed by atoms with Crippen LogP contribution in [0.25, 0.3) is 22.2 Å². The Morgan fingerprint density at radius 3 is 2.48 bits per heavy atom. The summed E-state index contributed by atoms with van der Waals surface area (Å²) in [6, 6.07) is 10.8. The summed E-state index contributed by atoms with van der Waals surface area (Å²) in [6.07, 6.45) is 2.74. The predicted octanol–water partition coefficient (Wildman–Crippen LogP) is 5.05. The van der Waals surface area contributed by atoms with Crippen molar-refractivity contribution in [3.8, 4) is 22.8 Å². The maximum atomic E-state index is 13.8. The number of nitrogens with one attached hydrogen (secondary N) is 1. The van der Waals surface area contributed by atoms with Crippen LogP contribution in [0.2, 0.25) is 0 Å². The van der Waals surface area contributed by atoms with Gasteiger partial charge in [-0.1, -0.05) is 0 Å². The van der Waals surface area contributed by atoms with Gasteiger partial charge in [0.25, 0.3) is 0 Å². The van der Waals surface area contributed by atoms with Crippen molar-refractivity contribution >= 4 is 10.9 Å². The molecule has 1 heterocycles. The zero-order chi connectivity index (χ0) is 19.2. The molecule has 0 aliphatic carbocycles. The zero-order valence-corrected chi connectivity index (χ0v) is 16.0. The summed E-state index contributed by atoms with van der Waals surface area (Å²) in [5.41, 5.74) is 9.70. The highest BCUT2D eigenvalue weighted by Gasteiger charge is 2.16. The Labute approximate surface area is 159 Å². The van der Waals surface area contributed by atoms with Gasteiger partial charge in [0.05, 0.1) is 13.2 Å². The van der Waals surface area contributed by atoms with Gasteiger partial charge in [-0.2, -0.15) is 0 Å². The van der Waals surface area contributed by atoms with Gasteiger partial charge in [-0.3, -0.25) is 0 Å². The van der Waals surface area contributed by atoms with Crippen LogP contribution in [-0.4, -0.2) is 24.7 Å². The Bertz CT molecular complexity index is 905. The Morgan fingerprint density at radius 1 is 0.963 bits per heavy atom. The minimum Gasteiger partial charge on any atom is -0.490 e. The fourth-order valence-corrected chi connectivity index (χ4v) is 3.38. The van der Waals surface area contributed by atoms with Crippen molar-refractivity contribution in [1.29, 1.82) is 0 Å². The summed E-state index contributed by atoms with van der Waals surface area (Å²) in [5, 5.41) is 0.925. The van der Waals surface area contributed by atoms with Gasteiger partial charge in [-0.15, -0.1) is 0 Å². The van der Waals surface area contributed by atoms with Gasteiger partial charge in [0.15, 0.2) is 11.5 Å². The number of hydrogen-bond donors (Lipinski definition) is 2. The molecule has 4 nitrogen and oxygen atoms in total. The lowest BCUT2D eigenvalue weighted by Crippen LogP contribution is -2.00. The molecule has 0 unspecified atom stereocenters. The van der Waals surface area contributed by atoms with Gasteiger partial charge in [-0.25, -0.2) is 4.39 Å². The highest BCUT2D eigenvalue weighted by Crippen LogP contribution is 2.37. The monoisotopic (exact) mass is 370 g/mol. The lowest BCUT2D eigenvalue weighted by atomic mass is 10.00. The van der Waals surface area contributed by atoms with Crippen LogP contribution >= 0.6 is 0 Å². The van der Waals surface area contributed by atoms with Gasteiger partial charge in [-0.05, 0) is 81.6 Å². The quantitative estimate of drug-likeness (QED) is 0.518. The minimum atomic E-state index is -0.227. The van der Waals surface area contributed by atoms with E-state index in [1.165, 1.54) is 6.07 Å². The summed E-state index contributed by atoms with van der Waals surface area (Å²) >= 11 is 0. The van der Waals surface area contributed by atoms with Crippen molar-refractivity contribution in [1.82, 2.24) is 4.98 Å². The molecule has 0 spiro atoms. The molecule has 0 saturated heterocycles. The third-order valence-corrected chi connectivity index (χ3v) is 4.58. The maximum Gasteiger partial charge on any atom is 0.161 e. The standard InChI is InChI=1S/C22H27FN2O2/c1-3-26-20-11-8-15(13-21(20)27-4-2)22-17(7-5-6-12-24)18-14-16(23)9-10-19(18)25-22/h8-11,13-14,25H,3-7,12,24H2,1-2H3. The summed E-state index contributed by atoms with van der Waals surface area (Å²) in [6.45, 7) is 5.70. The first-order valence-corrected chi connectivity index (χ1v) is 9.58. The van der Waals surface area contributed by atoms with E-state index in [9.17, 15) is 4.39 Å². The van der Waals surface area contributed by atoms with E-state index >= 15 is 0 Å². The van der Waals surface area contributed by atoms with Gasteiger partial charge < -0.3 is 20.2 Å². The summed E-state index contributed by atoms with van der Waals surface area (Å²) in [5.74, 6) is 1.22. The van der Waals surface area contributed by atoms with Crippen molar-refractivity contribution in [3.63, 3.8) is 0 Å². The molecule has 0 bridgehead atoms. The highest BCUT2D eigenvalue weighted by molar-refractivity contribution is 5.91. The molecule has 0 radical (unpaired) electrons. The number of halogens is 1. The molecule has 0 aliphatic rings. The Balaban J connectivity index is 2.09. The first kappa shape index (κ1) is 19.2. The number of aromatic nitrogens is 1. The fourth-order valence-electron chi connectivity index (χ4n) is 3.38. The molecule has 3 aromatic rings. The number of ether oxygens (including phenoxy) is 2. The average Bonchev–Trinajstić information content (AvgIpc) is 3.02. The van der Waals surface area contributed by atoms with Crippen LogP contribution in [0.3, 0.4) is 0 Å². The van der Waals surface area contributed by atoms with Crippen LogP contribution in [0.15, 0.2) is 36.4 Å². The number of rotatable bonds is 9. The molecule has 27 heavy (non-hydrogen) atoms. The number of aromatic amines is 1.